The Labute approximate surface area is 281 Å². The number of hydrogen-bond donors (Lipinski definition) is 0. The number of aromatic nitrogens is 2. The van der Waals surface area contributed by atoms with Gasteiger partial charge in [-0.3, -0.25) is 0 Å². The third kappa shape index (κ3) is 4.57. The largest absolute Gasteiger partial charge is 0.313 e. The molecular formula is C44H34N4. The summed E-state index contributed by atoms with van der Waals surface area (Å²) in [6.07, 6.45) is 17.2. The van der Waals surface area contributed by atoms with Crippen molar-refractivity contribution in [2.24, 2.45) is 0 Å². The van der Waals surface area contributed by atoms with Crippen molar-refractivity contribution < 1.29 is 0 Å². The lowest BCUT2D eigenvalue weighted by Gasteiger charge is -2.23. The summed E-state index contributed by atoms with van der Waals surface area (Å²) in [7, 11) is 0. The van der Waals surface area contributed by atoms with Crippen molar-refractivity contribution in [2.45, 2.75) is 39.5 Å². The summed E-state index contributed by atoms with van der Waals surface area (Å²) in [4.78, 5) is 0. The minimum atomic E-state index is 0.478. The SMILES string of the molecule is C/C=C\c1c(C)n(-c2c(C#N)cc(C#N)cc2C2=CCCC=C2c2cccc(-n3c4c(c5ccccc53)C=CCC4)c2)c2ccccc12. The van der Waals surface area contributed by atoms with E-state index in [4.69, 9.17) is 0 Å². The number of para-hydroxylation sites is 2. The molecule has 0 N–H and O–H groups in total. The van der Waals surface area contributed by atoms with Gasteiger partial charge in [0, 0.05) is 44.5 Å². The zero-order valence-corrected chi connectivity index (χ0v) is 27.2. The average molecular weight is 619 g/mol. The van der Waals surface area contributed by atoms with Crippen molar-refractivity contribution >= 4 is 45.1 Å². The zero-order valence-electron chi connectivity index (χ0n) is 27.2. The predicted molar refractivity (Wildman–Crippen MR) is 198 cm³/mol. The van der Waals surface area contributed by atoms with E-state index in [9.17, 15) is 10.5 Å². The Morgan fingerprint density at radius 1 is 0.750 bits per heavy atom. The molecule has 2 aliphatic rings. The van der Waals surface area contributed by atoms with Crippen molar-refractivity contribution in [3.63, 3.8) is 0 Å². The zero-order chi connectivity index (χ0) is 32.8. The maximum absolute atomic E-state index is 10.6. The van der Waals surface area contributed by atoms with Crippen molar-refractivity contribution in [1.29, 1.82) is 10.5 Å². The van der Waals surface area contributed by atoms with Crippen molar-refractivity contribution in [3.05, 3.63) is 154 Å². The van der Waals surface area contributed by atoms with Gasteiger partial charge in [-0.05, 0) is 92.6 Å². The third-order valence-corrected chi connectivity index (χ3v) is 9.78. The Morgan fingerprint density at radius 3 is 2.27 bits per heavy atom. The number of benzene rings is 4. The molecule has 0 unspecified atom stereocenters. The van der Waals surface area contributed by atoms with E-state index < -0.39 is 0 Å². The van der Waals surface area contributed by atoms with Gasteiger partial charge in [0.05, 0.1) is 33.9 Å². The van der Waals surface area contributed by atoms with E-state index in [1.807, 2.05) is 19.1 Å². The molecule has 4 aromatic carbocycles. The van der Waals surface area contributed by atoms with Gasteiger partial charge in [-0.2, -0.15) is 10.5 Å². The molecule has 0 amide bonds. The summed E-state index contributed by atoms with van der Waals surface area (Å²) < 4.78 is 4.65. The van der Waals surface area contributed by atoms with Gasteiger partial charge in [-0.1, -0.05) is 85.0 Å². The van der Waals surface area contributed by atoms with Crippen LogP contribution in [-0.4, -0.2) is 9.13 Å². The molecule has 0 saturated carbocycles. The fourth-order valence-corrected chi connectivity index (χ4v) is 7.77. The summed E-state index contributed by atoms with van der Waals surface area (Å²) in [6.45, 7) is 4.14. The molecule has 0 aliphatic heterocycles. The lowest BCUT2D eigenvalue weighted by molar-refractivity contribution is 0.888. The van der Waals surface area contributed by atoms with Crippen LogP contribution in [-0.2, 0) is 6.42 Å². The molecule has 2 aromatic heterocycles. The number of rotatable bonds is 5. The fraction of sp³-hybridized carbons (Fsp3) is 0.136. The summed E-state index contributed by atoms with van der Waals surface area (Å²) in [5, 5.41) is 23.1. The van der Waals surface area contributed by atoms with E-state index in [2.05, 4.69) is 131 Å². The van der Waals surface area contributed by atoms with E-state index in [1.54, 1.807) is 6.07 Å². The van der Waals surface area contributed by atoms with Crippen molar-refractivity contribution in [1.82, 2.24) is 9.13 Å². The van der Waals surface area contributed by atoms with E-state index in [1.165, 1.54) is 22.2 Å². The van der Waals surface area contributed by atoms with Gasteiger partial charge < -0.3 is 9.13 Å². The summed E-state index contributed by atoms with van der Waals surface area (Å²) in [5.74, 6) is 0. The molecule has 8 rings (SSSR count). The Bertz CT molecular complexity index is 2490. The highest BCUT2D eigenvalue weighted by Crippen LogP contribution is 2.43. The summed E-state index contributed by atoms with van der Waals surface area (Å²) >= 11 is 0. The number of allylic oxidation sites excluding steroid dienone is 6. The molecule has 6 aromatic rings. The summed E-state index contributed by atoms with van der Waals surface area (Å²) in [6, 6.07) is 34.4. The van der Waals surface area contributed by atoms with Gasteiger partial charge in [0.15, 0.2) is 0 Å². The van der Waals surface area contributed by atoms with Crippen LogP contribution in [0.2, 0.25) is 0 Å². The molecular weight excluding hydrogens is 585 g/mol. The second kappa shape index (κ2) is 11.9. The molecule has 4 heteroatoms. The van der Waals surface area contributed by atoms with Crippen LogP contribution in [0, 0.1) is 29.6 Å². The van der Waals surface area contributed by atoms with Crippen LogP contribution < -0.4 is 0 Å². The molecule has 48 heavy (non-hydrogen) atoms. The highest BCUT2D eigenvalue weighted by Gasteiger charge is 2.25. The Kier molecular flexibility index (Phi) is 7.28. The van der Waals surface area contributed by atoms with Crippen molar-refractivity contribution in [2.75, 3.05) is 0 Å². The monoisotopic (exact) mass is 618 g/mol. The highest BCUT2D eigenvalue weighted by atomic mass is 15.0. The van der Waals surface area contributed by atoms with E-state index in [0.29, 0.717) is 11.1 Å². The molecule has 2 aliphatic carbocycles. The molecule has 0 radical (unpaired) electrons. The highest BCUT2D eigenvalue weighted by molar-refractivity contribution is 6.08. The smallest absolute Gasteiger partial charge is 0.101 e. The molecule has 230 valence electrons. The lowest BCUT2D eigenvalue weighted by Crippen LogP contribution is -2.08. The standard InChI is InChI=1S/C44H34N4/c1-3-13-34-29(2)47(41-21-9-6-18-37(34)41)44-32(28-46)24-30(27-45)25-40(44)36-17-5-4-16-35(36)31-14-12-15-33(26-31)48-42-22-10-7-19-38(42)39-20-8-11-23-43(39)48/h3,6-10,12-22,24-26H,4-5,11,23H2,1-2H3/b13-3-. The molecule has 4 nitrogen and oxygen atoms in total. The Balaban J connectivity index is 1.34. The van der Waals surface area contributed by atoms with Crippen molar-refractivity contribution in [3.8, 4) is 23.5 Å². The van der Waals surface area contributed by atoms with Crippen LogP contribution in [0.1, 0.15) is 71.0 Å². The molecule has 0 atom stereocenters. The molecule has 0 saturated heterocycles. The van der Waals surface area contributed by atoms with Gasteiger partial charge >= 0.3 is 0 Å². The van der Waals surface area contributed by atoms with Crippen LogP contribution >= 0.6 is 0 Å². The average Bonchev–Trinajstić information content (AvgIpc) is 3.62. The maximum Gasteiger partial charge on any atom is 0.101 e. The third-order valence-electron chi connectivity index (χ3n) is 9.78. The van der Waals surface area contributed by atoms with Crippen LogP contribution in [0.3, 0.4) is 0 Å². The van der Waals surface area contributed by atoms with E-state index in [-0.39, 0.29) is 0 Å². The quantitative estimate of drug-likeness (QED) is 0.193. The Hall–Kier alpha value is -6.10. The maximum atomic E-state index is 10.6. The van der Waals surface area contributed by atoms with E-state index in [0.717, 1.165) is 81.5 Å². The fourth-order valence-electron chi connectivity index (χ4n) is 7.77. The number of nitriles is 2. The number of fused-ring (bicyclic) bond motifs is 4. The topological polar surface area (TPSA) is 57.4 Å². The van der Waals surface area contributed by atoms with Gasteiger partial charge in [0.1, 0.15) is 6.07 Å². The first kappa shape index (κ1) is 29.3. The van der Waals surface area contributed by atoms with E-state index >= 15 is 0 Å². The minimum Gasteiger partial charge on any atom is -0.313 e. The molecule has 0 fully saturated rings. The normalized spacial score (nSPS) is 14.2. The van der Waals surface area contributed by atoms with Crippen LogP contribution in [0.4, 0.5) is 0 Å². The predicted octanol–water partition coefficient (Wildman–Crippen LogP) is 10.9. The van der Waals surface area contributed by atoms with Gasteiger partial charge in [-0.25, -0.2) is 0 Å². The van der Waals surface area contributed by atoms with Crippen LogP contribution in [0.5, 0.6) is 0 Å². The number of nitrogens with zero attached hydrogens (tertiary/aromatic N) is 4. The first-order valence-electron chi connectivity index (χ1n) is 16.6. The van der Waals surface area contributed by atoms with Gasteiger partial charge in [0.2, 0.25) is 0 Å². The summed E-state index contributed by atoms with van der Waals surface area (Å²) in [5.41, 5.74) is 14.2. The van der Waals surface area contributed by atoms with Crippen LogP contribution in [0.25, 0.3) is 56.5 Å². The Morgan fingerprint density at radius 2 is 1.50 bits per heavy atom. The second-order valence-electron chi connectivity index (χ2n) is 12.5. The first-order chi connectivity index (χ1) is 23.6. The lowest BCUT2D eigenvalue weighted by atomic mass is 9.85. The molecule has 0 bridgehead atoms. The van der Waals surface area contributed by atoms with Crippen LogP contribution in [0.15, 0.2) is 109 Å². The molecule has 0 spiro atoms. The minimum absolute atomic E-state index is 0.478. The number of hydrogen-bond acceptors (Lipinski definition) is 2. The first-order valence-corrected chi connectivity index (χ1v) is 16.6. The second-order valence-corrected chi connectivity index (χ2v) is 12.5. The van der Waals surface area contributed by atoms with Gasteiger partial charge in [0.25, 0.3) is 0 Å². The van der Waals surface area contributed by atoms with Gasteiger partial charge in [-0.15, -0.1) is 0 Å². The molecule has 2 heterocycles.